The fourth-order valence-corrected chi connectivity index (χ4v) is 4.47. The van der Waals surface area contributed by atoms with E-state index in [0.29, 0.717) is 6.42 Å². The summed E-state index contributed by atoms with van der Waals surface area (Å²) in [5.41, 5.74) is 1.01. The molecule has 0 bridgehead atoms. The predicted molar refractivity (Wildman–Crippen MR) is 89.2 cm³/mol. The van der Waals surface area contributed by atoms with E-state index in [1.165, 1.54) is 0 Å². The number of nitrogens with zero attached hydrogens (tertiary/aromatic N) is 1. The van der Waals surface area contributed by atoms with Gasteiger partial charge in [-0.2, -0.15) is 0 Å². The van der Waals surface area contributed by atoms with E-state index < -0.39 is 9.84 Å². The van der Waals surface area contributed by atoms with Gasteiger partial charge in [0.05, 0.1) is 25.2 Å². The number of sulfone groups is 1. The van der Waals surface area contributed by atoms with Gasteiger partial charge in [0.1, 0.15) is 5.75 Å². The van der Waals surface area contributed by atoms with E-state index in [-0.39, 0.29) is 36.0 Å². The molecule has 0 unspecified atom stereocenters. The minimum Gasteiger partial charge on any atom is -0.496 e. The lowest BCUT2D eigenvalue weighted by molar-refractivity contribution is -0.122. The molecule has 0 saturated carbocycles. The molecule has 0 radical (unpaired) electrons. The average Bonchev–Trinajstić information content (AvgIpc) is 2.84. The summed E-state index contributed by atoms with van der Waals surface area (Å²) in [7, 11) is 0.504. The number of hydrogen-bond acceptors (Lipinski definition) is 5. The standard InChI is InChI=1S/C16H24N2O4S/c1-12(14-6-4-5-7-15(14)22-3)18(2)10-16(19)17-13-8-9-23(20,21)11-13/h4-7,12-13H,8-11H2,1-3H3,(H,17,19)/t12-,13-/m0/s1. The van der Waals surface area contributed by atoms with Gasteiger partial charge in [-0.3, -0.25) is 9.69 Å². The minimum atomic E-state index is -2.98. The van der Waals surface area contributed by atoms with Crippen molar-refractivity contribution in [1.29, 1.82) is 0 Å². The topological polar surface area (TPSA) is 75.7 Å². The van der Waals surface area contributed by atoms with E-state index in [4.69, 9.17) is 4.74 Å². The molecular formula is C16H24N2O4S. The molecule has 1 saturated heterocycles. The largest absolute Gasteiger partial charge is 0.496 e. The van der Waals surface area contributed by atoms with Crippen LogP contribution in [0, 0.1) is 0 Å². The molecule has 23 heavy (non-hydrogen) atoms. The van der Waals surface area contributed by atoms with Gasteiger partial charge in [-0.25, -0.2) is 8.42 Å². The number of nitrogens with one attached hydrogen (secondary N) is 1. The molecule has 6 nitrogen and oxygen atoms in total. The van der Waals surface area contributed by atoms with Crippen molar-refractivity contribution in [2.45, 2.75) is 25.4 Å². The van der Waals surface area contributed by atoms with Gasteiger partial charge < -0.3 is 10.1 Å². The summed E-state index contributed by atoms with van der Waals surface area (Å²) in [6.45, 7) is 2.21. The SMILES string of the molecule is COc1ccccc1[C@H](C)N(C)CC(=O)N[C@H]1CCS(=O)(=O)C1. The Morgan fingerprint density at radius 3 is 2.74 bits per heavy atom. The van der Waals surface area contributed by atoms with Gasteiger partial charge in [0, 0.05) is 17.6 Å². The maximum atomic E-state index is 12.1. The Hall–Kier alpha value is -1.60. The van der Waals surface area contributed by atoms with Crippen LogP contribution in [0.15, 0.2) is 24.3 Å². The van der Waals surface area contributed by atoms with Crippen LogP contribution >= 0.6 is 0 Å². The van der Waals surface area contributed by atoms with Gasteiger partial charge in [-0.15, -0.1) is 0 Å². The Bertz CT molecular complexity index is 660. The van der Waals surface area contributed by atoms with Crippen LogP contribution in [0.1, 0.15) is 24.9 Å². The van der Waals surface area contributed by atoms with Crippen molar-refractivity contribution in [3.8, 4) is 5.75 Å². The summed E-state index contributed by atoms with van der Waals surface area (Å²) in [5.74, 6) is 0.834. The molecule has 128 valence electrons. The second-order valence-corrected chi connectivity index (χ2v) is 8.23. The number of likely N-dealkylation sites (N-methyl/N-ethyl adjacent to an activating group) is 1. The Kier molecular flexibility index (Phi) is 5.64. The number of ether oxygens (including phenoxy) is 1. The number of methoxy groups -OCH3 is 1. The molecule has 1 fully saturated rings. The summed E-state index contributed by atoms with van der Waals surface area (Å²) in [4.78, 5) is 14.0. The monoisotopic (exact) mass is 340 g/mol. The van der Waals surface area contributed by atoms with Crippen LogP contribution in [0.4, 0.5) is 0 Å². The van der Waals surface area contributed by atoms with Crippen molar-refractivity contribution in [2.75, 3.05) is 32.2 Å². The number of benzene rings is 1. The second-order valence-electron chi connectivity index (χ2n) is 6.00. The zero-order valence-electron chi connectivity index (χ0n) is 13.8. The van der Waals surface area contributed by atoms with Crippen LogP contribution in [0.3, 0.4) is 0 Å². The van der Waals surface area contributed by atoms with Crippen molar-refractivity contribution in [3.63, 3.8) is 0 Å². The summed E-state index contributed by atoms with van der Waals surface area (Å²) in [6, 6.07) is 7.45. The first-order chi connectivity index (χ1) is 10.8. The highest BCUT2D eigenvalue weighted by Gasteiger charge is 2.29. The lowest BCUT2D eigenvalue weighted by Gasteiger charge is -2.26. The number of carbonyl (C=O) groups is 1. The molecule has 7 heteroatoms. The van der Waals surface area contributed by atoms with E-state index in [1.807, 2.05) is 43.1 Å². The van der Waals surface area contributed by atoms with Crippen LogP contribution < -0.4 is 10.1 Å². The van der Waals surface area contributed by atoms with E-state index in [2.05, 4.69) is 5.32 Å². The Morgan fingerprint density at radius 2 is 2.13 bits per heavy atom. The van der Waals surface area contributed by atoms with Gasteiger partial charge >= 0.3 is 0 Å². The molecule has 0 aliphatic carbocycles. The van der Waals surface area contributed by atoms with Crippen molar-refractivity contribution < 1.29 is 17.9 Å². The molecular weight excluding hydrogens is 316 g/mol. The third-order valence-corrected chi connectivity index (χ3v) is 6.01. The van der Waals surface area contributed by atoms with Crippen LogP contribution in [-0.2, 0) is 14.6 Å². The average molecular weight is 340 g/mol. The molecule has 1 aromatic rings. The second kappa shape index (κ2) is 7.31. The molecule has 1 amide bonds. The first kappa shape index (κ1) is 17.7. The Morgan fingerprint density at radius 1 is 1.43 bits per heavy atom. The lowest BCUT2D eigenvalue weighted by atomic mass is 10.1. The molecule has 1 aromatic carbocycles. The van der Waals surface area contributed by atoms with Crippen molar-refractivity contribution >= 4 is 15.7 Å². The number of carbonyl (C=O) groups excluding carboxylic acids is 1. The third kappa shape index (κ3) is 4.68. The molecule has 0 spiro atoms. The van der Waals surface area contributed by atoms with Gasteiger partial charge in [0.25, 0.3) is 0 Å². The Labute approximate surface area is 137 Å². The van der Waals surface area contributed by atoms with Gasteiger partial charge in [0.15, 0.2) is 9.84 Å². The first-order valence-electron chi connectivity index (χ1n) is 7.65. The predicted octanol–water partition coefficient (Wildman–Crippen LogP) is 0.991. The number of amides is 1. The highest BCUT2D eigenvalue weighted by molar-refractivity contribution is 7.91. The fourth-order valence-electron chi connectivity index (χ4n) is 2.79. The number of hydrogen-bond donors (Lipinski definition) is 1. The molecule has 1 N–H and O–H groups in total. The lowest BCUT2D eigenvalue weighted by Crippen LogP contribution is -2.42. The highest BCUT2D eigenvalue weighted by atomic mass is 32.2. The van der Waals surface area contributed by atoms with Crippen LogP contribution in [0.5, 0.6) is 5.75 Å². The summed E-state index contributed by atoms with van der Waals surface area (Å²) in [6.07, 6.45) is 0.500. The summed E-state index contributed by atoms with van der Waals surface area (Å²) < 4.78 is 28.2. The van der Waals surface area contributed by atoms with E-state index in [9.17, 15) is 13.2 Å². The Balaban J connectivity index is 1.93. The van der Waals surface area contributed by atoms with E-state index in [0.717, 1.165) is 11.3 Å². The third-order valence-electron chi connectivity index (χ3n) is 4.24. The zero-order valence-corrected chi connectivity index (χ0v) is 14.6. The van der Waals surface area contributed by atoms with Crippen molar-refractivity contribution in [1.82, 2.24) is 10.2 Å². The summed E-state index contributed by atoms with van der Waals surface area (Å²) >= 11 is 0. The zero-order chi connectivity index (χ0) is 17.0. The molecule has 1 aliphatic heterocycles. The molecule has 2 atom stereocenters. The summed E-state index contributed by atoms with van der Waals surface area (Å²) in [5, 5.41) is 2.81. The molecule has 1 heterocycles. The van der Waals surface area contributed by atoms with Gasteiger partial charge in [-0.1, -0.05) is 18.2 Å². The number of para-hydroxylation sites is 1. The maximum absolute atomic E-state index is 12.1. The quantitative estimate of drug-likeness (QED) is 0.836. The van der Waals surface area contributed by atoms with Gasteiger partial charge in [-0.05, 0) is 26.5 Å². The number of rotatable bonds is 6. The van der Waals surface area contributed by atoms with E-state index in [1.54, 1.807) is 7.11 Å². The highest BCUT2D eigenvalue weighted by Crippen LogP contribution is 2.27. The van der Waals surface area contributed by atoms with Crippen molar-refractivity contribution in [2.24, 2.45) is 0 Å². The smallest absolute Gasteiger partial charge is 0.234 e. The van der Waals surface area contributed by atoms with Crippen LogP contribution in [-0.4, -0.2) is 57.5 Å². The van der Waals surface area contributed by atoms with Crippen LogP contribution in [0.25, 0.3) is 0 Å². The molecule has 0 aromatic heterocycles. The van der Waals surface area contributed by atoms with E-state index >= 15 is 0 Å². The first-order valence-corrected chi connectivity index (χ1v) is 9.47. The fraction of sp³-hybridized carbons (Fsp3) is 0.562. The molecule has 1 aliphatic rings. The minimum absolute atomic E-state index is 0.00390. The molecule has 2 rings (SSSR count). The van der Waals surface area contributed by atoms with Crippen molar-refractivity contribution in [3.05, 3.63) is 29.8 Å². The maximum Gasteiger partial charge on any atom is 0.234 e. The van der Waals surface area contributed by atoms with Gasteiger partial charge in [0.2, 0.25) is 5.91 Å². The normalized spacial score (nSPS) is 21.1. The van der Waals surface area contributed by atoms with Crippen LogP contribution in [0.2, 0.25) is 0 Å².